The van der Waals surface area contributed by atoms with Crippen LogP contribution in [0.2, 0.25) is 0 Å². The minimum Gasteiger partial charge on any atom is -0.123 e. The van der Waals surface area contributed by atoms with Crippen LogP contribution in [-0.2, 0) is 6.42 Å². The van der Waals surface area contributed by atoms with Crippen LogP contribution in [-0.4, -0.2) is 5.38 Å². The van der Waals surface area contributed by atoms with Gasteiger partial charge in [-0.2, -0.15) is 0 Å². The molecular formula is C15H21Cl. The second-order valence-electron chi connectivity index (χ2n) is 5.11. The fourth-order valence-electron chi connectivity index (χ4n) is 2.77. The Morgan fingerprint density at radius 1 is 1.25 bits per heavy atom. The maximum Gasteiger partial charge on any atom is 0.0379 e. The molecule has 0 amide bonds. The third kappa shape index (κ3) is 3.25. The Morgan fingerprint density at radius 3 is 2.62 bits per heavy atom. The fraction of sp³-hybridized carbons (Fsp3) is 0.600. The van der Waals surface area contributed by atoms with E-state index in [4.69, 9.17) is 11.6 Å². The molecule has 0 aromatic heterocycles. The molecule has 1 atom stereocenters. The van der Waals surface area contributed by atoms with Crippen molar-refractivity contribution >= 4 is 11.6 Å². The number of aryl methyl sites for hydroxylation is 1. The molecular weight excluding hydrogens is 216 g/mol. The van der Waals surface area contributed by atoms with Crippen molar-refractivity contribution in [1.29, 1.82) is 0 Å². The van der Waals surface area contributed by atoms with Gasteiger partial charge < -0.3 is 0 Å². The molecule has 0 spiro atoms. The predicted octanol–water partition coefficient (Wildman–Crippen LogP) is 4.73. The number of hydrogen-bond donors (Lipinski definition) is 0. The first-order valence-electron chi connectivity index (χ1n) is 6.44. The van der Waals surface area contributed by atoms with Crippen LogP contribution in [0.4, 0.5) is 0 Å². The quantitative estimate of drug-likeness (QED) is 0.664. The summed E-state index contributed by atoms with van der Waals surface area (Å²) in [4.78, 5) is 0. The summed E-state index contributed by atoms with van der Waals surface area (Å²) in [5.74, 6) is 0.895. The van der Waals surface area contributed by atoms with Gasteiger partial charge in [0.2, 0.25) is 0 Å². The lowest BCUT2D eigenvalue weighted by atomic mass is 9.96. The molecule has 1 saturated carbocycles. The van der Waals surface area contributed by atoms with E-state index in [9.17, 15) is 0 Å². The third-order valence-electron chi connectivity index (χ3n) is 3.77. The van der Waals surface area contributed by atoms with Crippen LogP contribution in [0.5, 0.6) is 0 Å². The zero-order chi connectivity index (χ0) is 11.4. The van der Waals surface area contributed by atoms with Crippen molar-refractivity contribution in [3.05, 3.63) is 35.4 Å². The van der Waals surface area contributed by atoms with Crippen molar-refractivity contribution in [3.63, 3.8) is 0 Å². The van der Waals surface area contributed by atoms with E-state index in [0.29, 0.717) is 5.38 Å². The van der Waals surface area contributed by atoms with E-state index in [1.165, 1.54) is 43.2 Å². The van der Waals surface area contributed by atoms with E-state index in [0.717, 1.165) is 12.3 Å². The molecule has 1 aliphatic carbocycles. The van der Waals surface area contributed by atoms with Gasteiger partial charge in [-0.1, -0.05) is 49.9 Å². The van der Waals surface area contributed by atoms with Gasteiger partial charge in [0.1, 0.15) is 0 Å². The van der Waals surface area contributed by atoms with Gasteiger partial charge in [0.25, 0.3) is 0 Å². The van der Waals surface area contributed by atoms with Crippen LogP contribution in [0.25, 0.3) is 0 Å². The topological polar surface area (TPSA) is 0 Å². The van der Waals surface area contributed by atoms with Crippen molar-refractivity contribution < 1.29 is 0 Å². The van der Waals surface area contributed by atoms with Gasteiger partial charge in [0, 0.05) is 5.38 Å². The van der Waals surface area contributed by atoms with E-state index < -0.39 is 0 Å². The molecule has 16 heavy (non-hydrogen) atoms. The van der Waals surface area contributed by atoms with Crippen LogP contribution >= 0.6 is 11.6 Å². The first kappa shape index (κ1) is 12.0. The second kappa shape index (κ2) is 5.72. The minimum absolute atomic E-state index is 0.323. The van der Waals surface area contributed by atoms with Crippen molar-refractivity contribution in [3.8, 4) is 0 Å². The Hall–Kier alpha value is -0.490. The molecule has 0 nitrogen and oxygen atoms in total. The van der Waals surface area contributed by atoms with Crippen LogP contribution in [0.3, 0.4) is 0 Å². The Morgan fingerprint density at radius 2 is 1.94 bits per heavy atom. The van der Waals surface area contributed by atoms with Crippen LogP contribution in [0.1, 0.15) is 43.2 Å². The normalized spacial score (nSPS) is 18.9. The highest BCUT2D eigenvalue weighted by molar-refractivity contribution is 6.20. The van der Waals surface area contributed by atoms with Gasteiger partial charge in [-0.05, 0) is 36.8 Å². The Kier molecular flexibility index (Phi) is 4.29. The zero-order valence-electron chi connectivity index (χ0n) is 10.1. The summed E-state index contributed by atoms with van der Waals surface area (Å²) in [7, 11) is 0. The molecule has 0 N–H and O–H groups in total. The second-order valence-corrected chi connectivity index (χ2v) is 5.73. The van der Waals surface area contributed by atoms with E-state index in [1.54, 1.807) is 0 Å². The van der Waals surface area contributed by atoms with E-state index in [-0.39, 0.29) is 0 Å². The smallest absolute Gasteiger partial charge is 0.0379 e. The molecule has 1 aromatic carbocycles. The highest BCUT2D eigenvalue weighted by Gasteiger charge is 2.19. The highest BCUT2D eigenvalue weighted by Crippen LogP contribution is 2.31. The highest BCUT2D eigenvalue weighted by atomic mass is 35.5. The first-order valence-corrected chi connectivity index (χ1v) is 6.88. The van der Waals surface area contributed by atoms with E-state index in [1.807, 2.05) is 0 Å². The van der Waals surface area contributed by atoms with Crippen LogP contribution in [0.15, 0.2) is 24.3 Å². The van der Waals surface area contributed by atoms with Gasteiger partial charge in [-0.15, -0.1) is 11.6 Å². The lowest BCUT2D eigenvalue weighted by Gasteiger charge is -2.15. The SMILES string of the molecule is Cc1ccccc1CC(Cl)CC1CCCC1. The minimum atomic E-state index is 0.323. The van der Waals surface area contributed by atoms with Crippen molar-refractivity contribution in [1.82, 2.24) is 0 Å². The summed E-state index contributed by atoms with van der Waals surface area (Å²) >= 11 is 6.47. The lowest BCUT2D eigenvalue weighted by molar-refractivity contribution is 0.488. The van der Waals surface area contributed by atoms with Gasteiger partial charge >= 0.3 is 0 Å². The summed E-state index contributed by atoms with van der Waals surface area (Å²) < 4.78 is 0. The summed E-state index contributed by atoms with van der Waals surface area (Å²) in [6.45, 7) is 2.18. The standard InChI is InChI=1S/C15H21Cl/c1-12-6-2-5-9-14(12)11-15(16)10-13-7-3-4-8-13/h2,5-6,9,13,15H,3-4,7-8,10-11H2,1H3. The molecule has 88 valence electrons. The third-order valence-corrected chi connectivity index (χ3v) is 4.10. The summed E-state index contributed by atoms with van der Waals surface area (Å²) in [6.07, 6.45) is 7.87. The maximum atomic E-state index is 6.47. The summed E-state index contributed by atoms with van der Waals surface area (Å²) in [5, 5.41) is 0.323. The Labute approximate surface area is 104 Å². The molecule has 0 heterocycles. The van der Waals surface area contributed by atoms with Gasteiger partial charge in [-0.25, -0.2) is 0 Å². The molecule has 1 fully saturated rings. The lowest BCUT2D eigenvalue weighted by Crippen LogP contribution is -2.09. The van der Waals surface area contributed by atoms with Gasteiger partial charge in [0.15, 0.2) is 0 Å². The fourth-order valence-corrected chi connectivity index (χ4v) is 3.19. The van der Waals surface area contributed by atoms with Crippen molar-refractivity contribution in [2.24, 2.45) is 5.92 Å². The van der Waals surface area contributed by atoms with Crippen molar-refractivity contribution in [2.45, 2.75) is 50.8 Å². The molecule has 0 saturated heterocycles. The van der Waals surface area contributed by atoms with Gasteiger partial charge in [-0.3, -0.25) is 0 Å². The molecule has 1 aliphatic rings. The molecule has 2 rings (SSSR count). The average Bonchev–Trinajstić information content (AvgIpc) is 2.74. The number of rotatable bonds is 4. The molecule has 1 aromatic rings. The average molecular weight is 237 g/mol. The summed E-state index contributed by atoms with van der Waals surface area (Å²) in [5.41, 5.74) is 2.79. The number of benzene rings is 1. The van der Waals surface area contributed by atoms with E-state index >= 15 is 0 Å². The number of alkyl halides is 1. The molecule has 0 bridgehead atoms. The van der Waals surface area contributed by atoms with Crippen LogP contribution in [0, 0.1) is 12.8 Å². The summed E-state index contributed by atoms with van der Waals surface area (Å²) in [6, 6.07) is 8.59. The largest absolute Gasteiger partial charge is 0.123 e. The van der Waals surface area contributed by atoms with Gasteiger partial charge in [0.05, 0.1) is 0 Å². The maximum absolute atomic E-state index is 6.47. The molecule has 1 heteroatoms. The Balaban J connectivity index is 1.86. The molecule has 1 unspecified atom stereocenters. The van der Waals surface area contributed by atoms with E-state index in [2.05, 4.69) is 31.2 Å². The first-order chi connectivity index (χ1) is 7.75. The monoisotopic (exact) mass is 236 g/mol. The molecule has 0 radical (unpaired) electrons. The predicted molar refractivity (Wildman–Crippen MR) is 71.1 cm³/mol. The Bertz CT molecular complexity index is 326. The van der Waals surface area contributed by atoms with Crippen molar-refractivity contribution in [2.75, 3.05) is 0 Å². The zero-order valence-corrected chi connectivity index (χ0v) is 10.8. The number of hydrogen-bond acceptors (Lipinski definition) is 0. The number of halogens is 1. The van der Waals surface area contributed by atoms with Crippen LogP contribution < -0.4 is 0 Å². The molecule has 0 aliphatic heterocycles.